The maximum atomic E-state index is 12.8. The molecule has 0 N–H and O–H groups in total. The van der Waals surface area contributed by atoms with Gasteiger partial charge in [-0.15, -0.1) is 0 Å². The van der Waals surface area contributed by atoms with Crippen molar-refractivity contribution >= 4 is 5.91 Å². The van der Waals surface area contributed by atoms with Crippen LogP contribution in [0.5, 0.6) is 0 Å². The van der Waals surface area contributed by atoms with Crippen molar-refractivity contribution in [1.29, 1.82) is 0 Å². The third-order valence-corrected chi connectivity index (χ3v) is 4.59. The molecule has 0 radical (unpaired) electrons. The number of amides is 1. The SMILES string of the molecule is CCOCCn1nc(-c2cocn2)c2c1CCN(C(=O)c1cc(C)on1)C2. The lowest BCUT2D eigenvalue weighted by Gasteiger charge is -2.27. The fraction of sp³-hybridized carbons (Fsp3) is 0.444. The summed E-state index contributed by atoms with van der Waals surface area (Å²) in [4.78, 5) is 18.8. The fourth-order valence-electron chi connectivity index (χ4n) is 3.31. The second-order valence-corrected chi connectivity index (χ2v) is 6.37. The summed E-state index contributed by atoms with van der Waals surface area (Å²) >= 11 is 0. The molecule has 27 heavy (non-hydrogen) atoms. The molecule has 0 aromatic carbocycles. The summed E-state index contributed by atoms with van der Waals surface area (Å²) in [6.45, 7) is 6.68. The number of oxazole rings is 1. The third-order valence-electron chi connectivity index (χ3n) is 4.59. The fourth-order valence-corrected chi connectivity index (χ4v) is 3.31. The zero-order valence-electron chi connectivity index (χ0n) is 15.3. The highest BCUT2D eigenvalue weighted by atomic mass is 16.5. The van der Waals surface area contributed by atoms with E-state index in [0.29, 0.717) is 56.4 Å². The molecule has 0 bridgehead atoms. The topological polar surface area (TPSA) is 99.4 Å². The van der Waals surface area contributed by atoms with E-state index in [-0.39, 0.29) is 5.91 Å². The number of aromatic nitrogens is 4. The first-order chi connectivity index (χ1) is 13.2. The zero-order valence-corrected chi connectivity index (χ0v) is 15.3. The molecular formula is C18H21N5O4. The Morgan fingerprint density at radius 2 is 2.30 bits per heavy atom. The first kappa shape index (κ1) is 17.5. The maximum absolute atomic E-state index is 12.8. The van der Waals surface area contributed by atoms with Gasteiger partial charge in [-0.1, -0.05) is 5.16 Å². The molecule has 142 valence electrons. The normalized spacial score (nSPS) is 13.8. The summed E-state index contributed by atoms with van der Waals surface area (Å²) in [5, 5.41) is 8.56. The van der Waals surface area contributed by atoms with Crippen molar-refractivity contribution < 1.29 is 18.5 Å². The molecule has 9 nitrogen and oxygen atoms in total. The van der Waals surface area contributed by atoms with Crippen LogP contribution in [0.4, 0.5) is 0 Å². The van der Waals surface area contributed by atoms with Gasteiger partial charge in [-0.3, -0.25) is 9.48 Å². The highest BCUT2D eigenvalue weighted by molar-refractivity contribution is 5.92. The predicted octanol–water partition coefficient (Wildman–Crippen LogP) is 2.07. The number of fused-ring (bicyclic) bond motifs is 1. The van der Waals surface area contributed by atoms with Gasteiger partial charge >= 0.3 is 0 Å². The highest BCUT2D eigenvalue weighted by Crippen LogP contribution is 2.30. The lowest BCUT2D eigenvalue weighted by molar-refractivity contribution is 0.0721. The van der Waals surface area contributed by atoms with E-state index in [1.165, 1.54) is 6.39 Å². The van der Waals surface area contributed by atoms with Gasteiger partial charge in [-0.25, -0.2) is 4.98 Å². The van der Waals surface area contributed by atoms with Crippen molar-refractivity contribution in [2.45, 2.75) is 33.4 Å². The van der Waals surface area contributed by atoms with Gasteiger partial charge in [0.05, 0.1) is 19.7 Å². The van der Waals surface area contributed by atoms with Crippen molar-refractivity contribution in [3.8, 4) is 11.4 Å². The van der Waals surface area contributed by atoms with E-state index in [1.807, 2.05) is 11.6 Å². The van der Waals surface area contributed by atoms with Crippen LogP contribution in [0.2, 0.25) is 0 Å². The molecule has 0 fully saturated rings. The number of carbonyl (C=O) groups is 1. The molecule has 3 aromatic heterocycles. The second-order valence-electron chi connectivity index (χ2n) is 6.37. The summed E-state index contributed by atoms with van der Waals surface area (Å²) < 4.78 is 17.6. The molecule has 9 heteroatoms. The highest BCUT2D eigenvalue weighted by Gasteiger charge is 2.30. The molecule has 4 heterocycles. The lowest BCUT2D eigenvalue weighted by atomic mass is 10.0. The van der Waals surface area contributed by atoms with Crippen LogP contribution in [0.15, 0.2) is 27.7 Å². The van der Waals surface area contributed by atoms with Gasteiger partial charge in [-0.05, 0) is 13.8 Å². The first-order valence-electron chi connectivity index (χ1n) is 8.94. The molecule has 1 aliphatic rings. The summed E-state index contributed by atoms with van der Waals surface area (Å²) in [6, 6.07) is 1.65. The van der Waals surface area contributed by atoms with Crippen LogP contribution in [-0.4, -0.2) is 50.5 Å². The summed E-state index contributed by atoms with van der Waals surface area (Å²) in [7, 11) is 0. The van der Waals surface area contributed by atoms with Crippen molar-refractivity contribution in [3.05, 3.63) is 41.4 Å². The van der Waals surface area contributed by atoms with Crippen molar-refractivity contribution in [1.82, 2.24) is 24.8 Å². The summed E-state index contributed by atoms with van der Waals surface area (Å²) in [5.74, 6) is 0.466. The van der Waals surface area contributed by atoms with Crippen LogP contribution < -0.4 is 0 Å². The Labute approximate surface area is 155 Å². The summed E-state index contributed by atoms with van der Waals surface area (Å²) in [5.41, 5.74) is 3.81. The Morgan fingerprint density at radius 3 is 3.00 bits per heavy atom. The molecule has 0 unspecified atom stereocenters. The number of carbonyl (C=O) groups excluding carboxylic acids is 1. The van der Waals surface area contributed by atoms with Gasteiger partial charge in [0.2, 0.25) is 0 Å². The molecule has 0 saturated carbocycles. The largest absolute Gasteiger partial charge is 0.451 e. The van der Waals surface area contributed by atoms with Gasteiger partial charge in [-0.2, -0.15) is 5.10 Å². The van der Waals surface area contributed by atoms with Crippen LogP contribution in [0.1, 0.15) is 34.4 Å². The Morgan fingerprint density at radius 1 is 1.41 bits per heavy atom. The zero-order chi connectivity index (χ0) is 18.8. The van der Waals surface area contributed by atoms with Crippen LogP contribution in [0, 0.1) is 6.92 Å². The van der Waals surface area contributed by atoms with Gasteiger partial charge < -0.3 is 18.6 Å². The average molecular weight is 371 g/mol. The van der Waals surface area contributed by atoms with E-state index in [2.05, 4.69) is 10.1 Å². The molecular weight excluding hydrogens is 350 g/mol. The summed E-state index contributed by atoms with van der Waals surface area (Å²) in [6.07, 6.45) is 3.65. The molecule has 0 spiro atoms. The second kappa shape index (κ2) is 7.36. The monoisotopic (exact) mass is 371 g/mol. The van der Waals surface area contributed by atoms with Crippen LogP contribution in [0.25, 0.3) is 11.4 Å². The smallest absolute Gasteiger partial charge is 0.276 e. The van der Waals surface area contributed by atoms with Gasteiger partial charge in [0.1, 0.15) is 23.4 Å². The third kappa shape index (κ3) is 3.37. The number of nitrogens with zero attached hydrogens (tertiary/aromatic N) is 5. The van der Waals surface area contributed by atoms with Gasteiger partial charge in [0.15, 0.2) is 12.1 Å². The molecule has 3 aromatic rings. The molecule has 1 amide bonds. The molecule has 0 atom stereocenters. The van der Waals surface area contributed by atoms with Gasteiger partial charge in [0, 0.05) is 36.9 Å². The van der Waals surface area contributed by atoms with E-state index in [0.717, 1.165) is 17.0 Å². The molecule has 4 rings (SSSR count). The standard InChI is InChI=1S/C18H21N5O4/c1-3-25-7-6-23-16-4-5-22(18(24)14-8-12(2)27-21-14)9-13(16)17(20-23)15-10-26-11-19-15/h8,10-11H,3-7,9H2,1-2H3. The van der Waals surface area contributed by atoms with Crippen molar-refractivity contribution in [3.63, 3.8) is 0 Å². The lowest BCUT2D eigenvalue weighted by Crippen LogP contribution is -2.36. The Kier molecular flexibility index (Phi) is 4.76. The van der Waals surface area contributed by atoms with E-state index < -0.39 is 0 Å². The Hall–Kier alpha value is -2.94. The number of aryl methyl sites for hydroxylation is 1. The van der Waals surface area contributed by atoms with Crippen LogP contribution in [0.3, 0.4) is 0 Å². The van der Waals surface area contributed by atoms with E-state index >= 15 is 0 Å². The molecule has 1 aliphatic heterocycles. The van der Waals surface area contributed by atoms with Crippen LogP contribution in [-0.2, 0) is 24.2 Å². The van der Waals surface area contributed by atoms with Gasteiger partial charge in [0.25, 0.3) is 5.91 Å². The Balaban J connectivity index is 1.63. The maximum Gasteiger partial charge on any atom is 0.276 e. The quantitative estimate of drug-likeness (QED) is 0.612. The first-order valence-corrected chi connectivity index (χ1v) is 8.94. The molecule has 0 aliphatic carbocycles. The number of rotatable bonds is 6. The van der Waals surface area contributed by atoms with Crippen molar-refractivity contribution in [2.24, 2.45) is 0 Å². The minimum absolute atomic E-state index is 0.148. The van der Waals surface area contributed by atoms with E-state index in [4.69, 9.17) is 18.8 Å². The minimum Gasteiger partial charge on any atom is -0.451 e. The van der Waals surface area contributed by atoms with E-state index in [9.17, 15) is 4.79 Å². The van der Waals surface area contributed by atoms with Crippen LogP contribution >= 0.6 is 0 Å². The Bertz CT molecular complexity index is 928. The average Bonchev–Trinajstić information content (AvgIpc) is 3.41. The number of hydrogen-bond acceptors (Lipinski definition) is 7. The number of ether oxygens (including phenoxy) is 1. The number of hydrogen-bond donors (Lipinski definition) is 0. The van der Waals surface area contributed by atoms with E-state index in [1.54, 1.807) is 24.2 Å². The predicted molar refractivity (Wildman–Crippen MR) is 93.9 cm³/mol. The van der Waals surface area contributed by atoms with Crippen molar-refractivity contribution in [2.75, 3.05) is 19.8 Å². The minimum atomic E-state index is -0.148. The molecule has 0 saturated heterocycles.